The summed E-state index contributed by atoms with van der Waals surface area (Å²) in [6.07, 6.45) is 9.14. The Labute approximate surface area is 167 Å². The van der Waals surface area contributed by atoms with Gasteiger partial charge in [0.15, 0.2) is 0 Å². The van der Waals surface area contributed by atoms with Gasteiger partial charge >= 0.3 is 0 Å². The minimum Gasteiger partial charge on any atom is -0.348 e. The van der Waals surface area contributed by atoms with Crippen LogP contribution >= 0.6 is 0 Å². The van der Waals surface area contributed by atoms with Crippen molar-refractivity contribution in [1.82, 2.24) is 29.5 Å². The van der Waals surface area contributed by atoms with Gasteiger partial charge in [0.25, 0.3) is 0 Å². The number of H-pyrrole nitrogens is 1. The van der Waals surface area contributed by atoms with Gasteiger partial charge in [0, 0.05) is 50.7 Å². The lowest BCUT2D eigenvalue weighted by Crippen LogP contribution is -2.58. The molecule has 1 spiro atoms. The zero-order valence-corrected chi connectivity index (χ0v) is 17.3. The number of hydrogen-bond donors (Lipinski definition) is 1. The molecule has 2 aliphatic heterocycles. The van der Waals surface area contributed by atoms with E-state index in [9.17, 15) is 4.79 Å². The summed E-state index contributed by atoms with van der Waals surface area (Å²) in [6, 6.07) is 1.68. The molecule has 1 saturated heterocycles. The monoisotopic (exact) mass is 384 g/mol. The molecule has 0 aliphatic carbocycles. The molecule has 2 aromatic rings. The molecule has 4 rings (SSSR count). The second kappa shape index (κ2) is 7.70. The van der Waals surface area contributed by atoms with Gasteiger partial charge in [0.1, 0.15) is 6.04 Å². The second-order valence-corrected chi connectivity index (χ2v) is 8.59. The van der Waals surface area contributed by atoms with Gasteiger partial charge in [0.05, 0.1) is 17.6 Å². The van der Waals surface area contributed by atoms with Crippen LogP contribution in [0.25, 0.3) is 0 Å². The van der Waals surface area contributed by atoms with Crippen molar-refractivity contribution in [1.29, 1.82) is 0 Å². The summed E-state index contributed by atoms with van der Waals surface area (Å²) in [5.41, 5.74) is 2.45. The summed E-state index contributed by atoms with van der Waals surface area (Å²) in [5.74, 6) is 0.802. The molecular formula is C21H32N6O. The quantitative estimate of drug-likeness (QED) is 0.860. The standard InChI is InChI=1S/C21H32N6O/c1-4-18(27-10-5-9-24-27)20(28)25-12-7-21(8-13-25)19-17(22-15-23-19)6-11-26(21)14-16(2)3/h5,9-10,15-16,18H,4,6-8,11-14H2,1-3H3,(H,22,23)/t18-/m1/s1. The molecule has 2 aliphatic rings. The molecule has 152 valence electrons. The summed E-state index contributed by atoms with van der Waals surface area (Å²) >= 11 is 0. The Balaban J connectivity index is 1.53. The van der Waals surface area contributed by atoms with Gasteiger partial charge in [-0.2, -0.15) is 5.10 Å². The minimum atomic E-state index is -0.205. The van der Waals surface area contributed by atoms with E-state index < -0.39 is 0 Å². The Hall–Kier alpha value is -2.15. The molecule has 28 heavy (non-hydrogen) atoms. The van der Waals surface area contributed by atoms with Crippen LogP contribution in [-0.4, -0.2) is 61.6 Å². The Morgan fingerprint density at radius 2 is 2.07 bits per heavy atom. The van der Waals surface area contributed by atoms with E-state index in [1.54, 1.807) is 10.9 Å². The highest BCUT2D eigenvalue weighted by Gasteiger charge is 2.47. The predicted octanol–water partition coefficient (Wildman–Crippen LogP) is 2.59. The van der Waals surface area contributed by atoms with Crippen LogP contribution in [0.2, 0.25) is 0 Å². The third-order valence-electron chi connectivity index (χ3n) is 6.40. The predicted molar refractivity (Wildman–Crippen MR) is 108 cm³/mol. The van der Waals surface area contributed by atoms with Crippen molar-refractivity contribution in [2.45, 2.75) is 58.0 Å². The number of aromatic amines is 1. The van der Waals surface area contributed by atoms with E-state index in [4.69, 9.17) is 4.98 Å². The van der Waals surface area contributed by atoms with Gasteiger partial charge in [0.2, 0.25) is 5.91 Å². The number of hydrogen-bond acceptors (Lipinski definition) is 4. The fraction of sp³-hybridized carbons (Fsp3) is 0.667. The van der Waals surface area contributed by atoms with E-state index in [1.807, 2.05) is 23.5 Å². The van der Waals surface area contributed by atoms with Crippen LogP contribution in [0.4, 0.5) is 0 Å². The normalized spacial score (nSPS) is 20.5. The Bertz CT molecular complexity index is 788. The largest absolute Gasteiger partial charge is 0.348 e. The van der Waals surface area contributed by atoms with Crippen molar-refractivity contribution in [2.24, 2.45) is 5.92 Å². The molecule has 1 N–H and O–H groups in total. The fourth-order valence-electron chi connectivity index (χ4n) is 5.03. The van der Waals surface area contributed by atoms with Crippen molar-refractivity contribution in [3.8, 4) is 0 Å². The van der Waals surface area contributed by atoms with Gasteiger partial charge in [-0.25, -0.2) is 4.98 Å². The zero-order chi connectivity index (χ0) is 19.7. The van der Waals surface area contributed by atoms with E-state index in [2.05, 4.69) is 35.8 Å². The van der Waals surface area contributed by atoms with Crippen molar-refractivity contribution in [2.75, 3.05) is 26.2 Å². The maximum Gasteiger partial charge on any atom is 0.247 e. The van der Waals surface area contributed by atoms with Crippen molar-refractivity contribution >= 4 is 5.91 Å². The van der Waals surface area contributed by atoms with Crippen molar-refractivity contribution < 1.29 is 4.79 Å². The zero-order valence-electron chi connectivity index (χ0n) is 17.3. The number of carbonyl (C=O) groups is 1. The highest BCUT2D eigenvalue weighted by Crippen LogP contribution is 2.42. The topological polar surface area (TPSA) is 70.1 Å². The van der Waals surface area contributed by atoms with E-state index in [1.165, 1.54) is 11.4 Å². The summed E-state index contributed by atoms with van der Waals surface area (Å²) in [5, 5.41) is 4.30. The molecule has 7 nitrogen and oxygen atoms in total. The van der Waals surface area contributed by atoms with Gasteiger partial charge < -0.3 is 9.88 Å². The molecule has 1 amide bonds. The Kier molecular flexibility index (Phi) is 5.27. The van der Waals surface area contributed by atoms with Crippen molar-refractivity contribution in [3.63, 3.8) is 0 Å². The first-order valence-electron chi connectivity index (χ1n) is 10.6. The number of fused-ring (bicyclic) bond motifs is 2. The lowest BCUT2D eigenvalue weighted by Gasteiger charge is -2.51. The Morgan fingerprint density at radius 3 is 2.71 bits per heavy atom. The number of nitrogens with one attached hydrogen (secondary N) is 1. The third kappa shape index (κ3) is 3.26. The first kappa shape index (κ1) is 19.2. The van der Waals surface area contributed by atoms with Gasteiger partial charge in [-0.1, -0.05) is 20.8 Å². The molecule has 1 atom stereocenters. The van der Waals surface area contributed by atoms with Gasteiger partial charge in [-0.05, 0) is 31.2 Å². The number of amides is 1. The summed E-state index contributed by atoms with van der Waals surface area (Å²) in [6.45, 7) is 10.3. The summed E-state index contributed by atoms with van der Waals surface area (Å²) in [4.78, 5) is 25.9. The molecule has 1 fully saturated rings. The molecule has 0 saturated carbocycles. The van der Waals surface area contributed by atoms with Crippen LogP contribution in [0.1, 0.15) is 57.5 Å². The van der Waals surface area contributed by atoms with Crippen molar-refractivity contribution in [3.05, 3.63) is 36.2 Å². The lowest BCUT2D eigenvalue weighted by atomic mass is 9.78. The van der Waals surface area contributed by atoms with E-state index in [0.717, 1.165) is 51.9 Å². The first-order chi connectivity index (χ1) is 13.5. The first-order valence-corrected chi connectivity index (χ1v) is 10.6. The summed E-state index contributed by atoms with van der Waals surface area (Å²) < 4.78 is 1.80. The molecule has 0 radical (unpaired) electrons. The van der Waals surface area contributed by atoms with E-state index in [-0.39, 0.29) is 17.5 Å². The second-order valence-electron chi connectivity index (χ2n) is 8.59. The molecule has 0 bridgehead atoms. The van der Waals surface area contributed by atoms with Crippen LogP contribution in [0.3, 0.4) is 0 Å². The summed E-state index contributed by atoms with van der Waals surface area (Å²) in [7, 11) is 0. The SMILES string of the molecule is CC[C@H](C(=O)N1CCC2(CC1)c1nc[nH]c1CCN2CC(C)C)n1cccn1. The smallest absolute Gasteiger partial charge is 0.247 e. The maximum atomic E-state index is 13.2. The van der Waals surface area contributed by atoms with Crippen LogP contribution < -0.4 is 0 Å². The Morgan fingerprint density at radius 1 is 1.29 bits per heavy atom. The molecule has 0 aromatic carbocycles. The number of likely N-dealkylation sites (tertiary alicyclic amines) is 1. The van der Waals surface area contributed by atoms with Gasteiger partial charge in [-0.3, -0.25) is 14.4 Å². The molecule has 2 aromatic heterocycles. The average Bonchev–Trinajstić information content (AvgIpc) is 3.37. The van der Waals surface area contributed by atoms with Crippen LogP contribution in [0.15, 0.2) is 24.8 Å². The molecule has 0 unspecified atom stereocenters. The van der Waals surface area contributed by atoms with Crippen LogP contribution in [0.5, 0.6) is 0 Å². The van der Waals surface area contributed by atoms with Crippen LogP contribution in [-0.2, 0) is 16.8 Å². The number of rotatable bonds is 5. The van der Waals surface area contributed by atoms with Crippen LogP contribution in [0, 0.1) is 5.92 Å². The molecular weight excluding hydrogens is 352 g/mol. The lowest BCUT2D eigenvalue weighted by molar-refractivity contribution is -0.138. The number of imidazole rings is 1. The van der Waals surface area contributed by atoms with E-state index >= 15 is 0 Å². The highest BCUT2D eigenvalue weighted by atomic mass is 16.2. The minimum absolute atomic E-state index is 0.0396. The maximum absolute atomic E-state index is 13.2. The number of piperidine rings is 1. The fourth-order valence-corrected chi connectivity index (χ4v) is 5.03. The third-order valence-corrected chi connectivity index (χ3v) is 6.40. The number of carbonyl (C=O) groups excluding carboxylic acids is 1. The number of nitrogens with zero attached hydrogens (tertiary/aromatic N) is 5. The van der Waals surface area contributed by atoms with E-state index in [0.29, 0.717) is 5.92 Å². The highest BCUT2D eigenvalue weighted by molar-refractivity contribution is 5.80. The average molecular weight is 385 g/mol. The molecule has 4 heterocycles. The number of aromatic nitrogens is 4. The molecule has 7 heteroatoms. The van der Waals surface area contributed by atoms with Gasteiger partial charge in [-0.15, -0.1) is 0 Å².